The molecule has 0 aliphatic carbocycles. The van der Waals surface area contributed by atoms with Gasteiger partial charge in [-0.3, -0.25) is 0 Å². The van der Waals surface area contributed by atoms with Crippen LogP contribution in [0.25, 0.3) is 5.82 Å². The van der Waals surface area contributed by atoms with Crippen LogP contribution in [0, 0.1) is 6.92 Å². The van der Waals surface area contributed by atoms with Crippen LogP contribution in [0.4, 0.5) is 13.2 Å². The van der Waals surface area contributed by atoms with Gasteiger partial charge in [0.15, 0.2) is 11.5 Å². The molecule has 0 aromatic carbocycles. The van der Waals surface area contributed by atoms with Crippen LogP contribution < -0.4 is 0 Å². The monoisotopic (exact) mass is 305 g/mol. The van der Waals surface area contributed by atoms with Crippen molar-refractivity contribution < 1.29 is 13.2 Å². The van der Waals surface area contributed by atoms with E-state index in [1.807, 2.05) is 0 Å². The van der Waals surface area contributed by atoms with Crippen molar-refractivity contribution in [2.45, 2.75) is 13.1 Å². The van der Waals surface area contributed by atoms with E-state index in [-0.39, 0.29) is 0 Å². The van der Waals surface area contributed by atoms with E-state index in [0.29, 0.717) is 11.5 Å². The average Bonchev–Trinajstić information content (AvgIpc) is 2.70. The topological polar surface area (TPSA) is 30.7 Å². The lowest BCUT2D eigenvalue weighted by Crippen LogP contribution is -2.08. The van der Waals surface area contributed by atoms with Crippen molar-refractivity contribution >= 4 is 15.9 Å². The van der Waals surface area contributed by atoms with Crippen molar-refractivity contribution in [3.8, 4) is 5.82 Å². The maximum absolute atomic E-state index is 12.4. The first-order valence-electron chi connectivity index (χ1n) is 4.64. The van der Waals surface area contributed by atoms with Crippen molar-refractivity contribution in [1.29, 1.82) is 0 Å². The van der Waals surface area contributed by atoms with Crippen molar-refractivity contribution in [1.82, 2.24) is 14.8 Å². The first kappa shape index (κ1) is 12.1. The Balaban J connectivity index is 2.40. The smallest absolute Gasteiger partial charge is 0.233 e. The third-order valence-electron chi connectivity index (χ3n) is 2.12. The van der Waals surface area contributed by atoms with Crippen LogP contribution in [0.3, 0.4) is 0 Å². The summed E-state index contributed by atoms with van der Waals surface area (Å²) in [6.07, 6.45) is -3.20. The quantitative estimate of drug-likeness (QED) is 0.809. The second kappa shape index (κ2) is 4.14. The van der Waals surface area contributed by atoms with Crippen LogP contribution in [0.1, 0.15) is 11.4 Å². The van der Waals surface area contributed by atoms with Gasteiger partial charge in [-0.1, -0.05) is 0 Å². The summed E-state index contributed by atoms with van der Waals surface area (Å²) in [6, 6.07) is 4.22. The van der Waals surface area contributed by atoms with Crippen LogP contribution in [-0.2, 0) is 6.18 Å². The molecular formula is C10H7BrF3N3. The van der Waals surface area contributed by atoms with Gasteiger partial charge in [-0.15, -0.1) is 0 Å². The summed E-state index contributed by atoms with van der Waals surface area (Å²) in [6.45, 7) is 1.75. The first-order chi connectivity index (χ1) is 7.88. The number of aryl methyl sites for hydroxylation is 1. The molecule has 0 bridgehead atoms. The molecule has 0 saturated heterocycles. The molecular weight excluding hydrogens is 299 g/mol. The summed E-state index contributed by atoms with van der Waals surface area (Å²) >= 11 is 3.27. The Bertz CT molecular complexity index is 548. The summed E-state index contributed by atoms with van der Waals surface area (Å²) in [5.41, 5.74) is -0.244. The number of nitrogens with zero attached hydrogens (tertiary/aromatic N) is 3. The Morgan fingerprint density at radius 1 is 1.24 bits per heavy atom. The van der Waals surface area contributed by atoms with Crippen molar-refractivity contribution in [3.63, 3.8) is 0 Å². The molecule has 0 atom stereocenters. The largest absolute Gasteiger partial charge is 0.435 e. The molecule has 2 aromatic heterocycles. The fraction of sp³-hybridized carbons (Fsp3) is 0.200. The zero-order chi connectivity index (χ0) is 12.6. The Labute approximate surface area is 103 Å². The predicted molar refractivity (Wildman–Crippen MR) is 58.8 cm³/mol. The maximum Gasteiger partial charge on any atom is 0.435 e. The average molecular weight is 306 g/mol. The van der Waals surface area contributed by atoms with Gasteiger partial charge in [-0.05, 0) is 41.1 Å². The van der Waals surface area contributed by atoms with E-state index in [2.05, 4.69) is 26.0 Å². The second-order valence-electron chi connectivity index (χ2n) is 3.38. The van der Waals surface area contributed by atoms with Crippen molar-refractivity contribution in [2.75, 3.05) is 0 Å². The van der Waals surface area contributed by atoms with E-state index < -0.39 is 11.9 Å². The van der Waals surface area contributed by atoms with E-state index in [0.717, 1.165) is 15.2 Å². The first-order valence-corrected chi connectivity index (χ1v) is 5.43. The molecule has 0 aliphatic rings. The lowest BCUT2D eigenvalue weighted by molar-refractivity contribution is -0.141. The van der Waals surface area contributed by atoms with Gasteiger partial charge in [0, 0.05) is 10.7 Å². The zero-order valence-corrected chi connectivity index (χ0v) is 10.2. The van der Waals surface area contributed by atoms with Crippen LogP contribution in [0.2, 0.25) is 0 Å². The highest BCUT2D eigenvalue weighted by Gasteiger charge is 2.33. The molecule has 0 saturated carbocycles. The molecule has 0 radical (unpaired) electrons. The fourth-order valence-electron chi connectivity index (χ4n) is 1.26. The van der Waals surface area contributed by atoms with E-state index in [1.54, 1.807) is 19.1 Å². The third-order valence-corrected chi connectivity index (χ3v) is 2.96. The summed E-state index contributed by atoms with van der Waals surface area (Å²) in [5.74, 6) is 0.348. The highest BCUT2D eigenvalue weighted by atomic mass is 79.9. The van der Waals surface area contributed by atoms with E-state index in [4.69, 9.17) is 0 Å². The minimum atomic E-state index is -4.43. The number of hydrogen-bond donors (Lipinski definition) is 0. The Hall–Kier alpha value is -1.37. The van der Waals surface area contributed by atoms with Gasteiger partial charge < -0.3 is 0 Å². The summed E-state index contributed by atoms with van der Waals surface area (Å²) in [5, 5.41) is 3.44. The third kappa shape index (κ3) is 2.49. The highest BCUT2D eigenvalue weighted by Crippen LogP contribution is 2.27. The van der Waals surface area contributed by atoms with Gasteiger partial charge in [0.25, 0.3) is 0 Å². The van der Waals surface area contributed by atoms with Gasteiger partial charge in [0.2, 0.25) is 0 Å². The van der Waals surface area contributed by atoms with Crippen LogP contribution in [0.15, 0.2) is 28.9 Å². The zero-order valence-electron chi connectivity index (χ0n) is 8.66. The predicted octanol–water partition coefficient (Wildman–Crippen LogP) is 3.36. The normalized spacial score (nSPS) is 11.8. The molecule has 3 nitrogen and oxygen atoms in total. The SMILES string of the molecule is Cc1nc(-n2ccc(C(F)(F)F)n2)ccc1Br. The highest BCUT2D eigenvalue weighted by molar-refractivity contribution is 9.10. The fourth-order valence-corrected chi connectivity index (χ4v) is 1.48. The van der Waals surface area contributed by atoms with Crippen LogP contribution in [0.5, 0.6) is 0 Å². The Kier molecular flexibility index (Phi) is 2.94. The number of halogens is 4. The van der Waals surface area contributed by atoms with Gasteiger partial charge in [-0.2, -0.15) is 18.3 Å². The second-order valence-corrected chi connectivity index (χ2v) is 4.23. The van der Waals surface area contributed by atoms with E-state index >= 15 is 0 Å². The summed E-state index contributed by atoms with van der Waals surface area (Å²) in [7, 11) is 0. The molecule has 0 unspecified atom stereocenters. The lowest BCUT2D eigenvalue weighted by Gasteiger charge is -2.04. The van der Waals surface area contributed by atoms with Gasteiger partial charge >= 0.3 is 6.18 Å². The molecule has 0 spiro atoms. The molecule has 0 aliphatic heterocycles. The number of pyridine rings is 1. The Morgan fingerprint density at radius 2 is 1.94 bits per heavy atom. The van der Waals surface area contributed by atoms with Crippen LogP contribution >= 0.6 is 15.9 Å². The minimum absolute atomic E-state index is 0.348. The van der Waals surface area contributed by atoms with Gasteiger partial charge in [0.1, 0.15) is 0 Å². The molecule has 2 heterocycles. The lowest BCUT2D eigenvalue weighted by atomic mass is 10.4. The number of rotatable bonds is 1. The summed E-state index contributed by atoms with van der Waals surface area (Å²) < 4.78 is 39.0. The molecule has 0 amide bonds. The maximum atomic E-state index is 12.4. The van der Waals surface area contributed by atoms with Crippen molar-refractivity contribution in [3.05, 3.63) is 40.3 Å². The van der Waals surface area contributed by atoms with Gasteiger partial charge in [0.05, 0.1) is 5.69 Å². The number of aromatic nitrogens is 3. The summed E-state index contributed by atoms with van der Waals surface area (Å²) in [4.78, 5) is 4.12. The molecule has 17 heavy (non-hydrogen) atoms. The molecule has 7 heteroatoms. The molecule has 2 aromatic rings. The van der Waals surface area contributed by atoms with E-state index in [9.17, 15) is 13.2 Å². The standard InChI is InChI=1S/C10H7BrF3N3/c1-6-7(11)2-3-9(15-6)17-5-4-8(16-17)10(12,13)14/h2-5H,1H3. The Morgan fingerprint density at radius 3 is 2.47 bits per heavy atom. The molecule has 0 fully saturated rings. The van der Waals surface area contributed by atoms with Crippen molar-refractivity contribution in [2.24, 2.45) is 0 Å². The van der Waals surface area contributed by atoms with E-state index in [1.165, 1.54) is 6.20 Å². The number of hydrogen-bond acceptors (Lipinski definition) is 2. The number of alkyl halides is 3. The molecule has 90 valence electrons. The minimum Gasteiger partial charge on any atom is -0.233 e. The van der Waals surface area contributed by atoms with Gasteiger partial charge in [-0.25, -0.2) is 9.67 Å². The molecule has 0 N–H and O–H groups in total. The van der Waals surface area contributed by atoms with Crippen LogP contribution in [-0.4, -0.2) is 14.8 Å². The molecule has 2 rings (SSSR count).